The van der Waals surface area contributed by atoms with E-state index in [1.165, 1.54) is 12.3 Å². The third-order valence-electron chi connectivity index (χ3n) is 4.87. The first-order valence-electron chi connectivity index (χ1n) is 9.36. The van der Waals surface area contributed by atoms with E-state index in [1.807, 2.05) is 24.3 Å². The van der Waals surface area contributed by atoms with Crippen molar-refractivity contribution in [3.8, 4) is 22.5 Å². The van der Waals surface area contributed by atoms with Crippen molar-refractivity contribution in [2.45, 2.75) is 19.1 Å². The van der Waals surface area contributed by atoms with E-state index < -0.39 is 18.1 Å². The van der Waals surface area contributed by atoms with Gasteiger partial charge in [0.05, 0.1) is 22.6 Å². The van der Waals surface area contributed by atoms with Crippen LogP contribution in [0.2, 0.25) is 0 Å². The Morgan fingerprint density at radius 3 is 2.74 bits per heavy atom. The van der Waals surface area contributed by atoms with Crippen molar-refractivity contribution in [3.05, 3.63) is 65.5 Å². The van der Waals surface area contributed by atoms with Gasteiger partial charge in [0.15, 0.2) is 0 Å². The maximum absolute atomic E-state index is 12.9. The number of carbonyl (C=O) groups is 2. The van der Waals surface area contributed by atoms with E-state index in [1.54, 1.807) is 12.1 Å². The van der Waals surface area contributed by atoms with Gasteiger partial charge >= 0.3 is 12.1 Å². The highest BCUT2D eigenvalue weighted by molar-refractivity contribution is 5.98. The van der Waals surface area contributed by atoms with Crippen LogP contribution in [-0.4, -0.2) is 34.3 Å². The summed E-state index contributed by atoms with van der Waals surface area (Å²) in [6.45, 7) is 0.554. The third-order valence-corrected chi connectivity index (χ3v) is 4.87. The molecule has 7 nitrogen and oxygen atoms in total. The molecule has 1 amide bonds. The van der Waals surface area contributed by atoms with Crippen molar-refractivity contribution in [1.29, 1.82) is 0 Å². The molecule has 3 aromatic rings. The molecule has 0 spiro atoms. The van der Waals surface area contributed by atoms with Gasteiger partial charge in [-0.1, -0.05) is 18.2 Å². The van der Waals surface area contributed by atoms with Gasteiger partial charge in [-0.25, -0.2) is 4.79 Å². The number of pyridine rings is 1. The number of nitrogens with two attached hydrogens (primary N) is 1. The summed E-state index contributed by atoms with van der Waals surface area (Å²) in [6.07, 6.45) is -3.48. The zero-order chi connectivity index (χ0) is 22.2. The minimum Gasteiger partial charge on any atom is -0.352 e. The zero-order valence-electron chi connectivity index (χ0n) is 16.1. The molecular weight excluding hydrogens is 413 g/mol. The summed E-state index contributed by atoms with van der Waals surface area (Å²) in [5.74, 6) is -2.82. The lowest BCUT2D eigenvalue weighted by Gasteiger charge is -2.17. The number of nitrogens with zero attached hydrogens (tertiary/aromatic N) is 2. The number of hydrogen-bond acceptors (Lipinski definition) is 5. The Morgan fingerprint density at radius 2 is 2.00 bits per heavy atom. The van der Waals surface area contributed by atoms with E-state index in [2.05, 4.69) is 15.1 Å². The van der Waals surface area contributed by atoms with Crippen LogP contribution in [0.25, 0.3) is 22.5 Å². The molecule has 10 heteroatoms. The molecule has 1 aliphatic heterocycles. The zero-order valence-corrected chi connectivity index (χ0v) is 16.1. The monoisotopic (exact) mass is 430 g/mol. The van der Waals surface area contributed by atoms with Crippen molar-refractivity contribution in [2.75, 3.05) is 6.54 Å². The minimum absolute atomic E-state index is 0.137. The molecule has 3 N–H and O–H groups in total. The standard InChI is InChI=1S/C21H17F3N4O3/c22-21(23,24)20(30)31-28-17-5-7-27-19(29)15(17)10-18(28)14-4-6-26-16(9-14)13-3-1-2-12(8-13)11-25/h1-4,6,8-10H,5,7,11,25H2,(H,27,29). The van der Waals surface area contributed by atoms with Crippen LogP contribution in [0.15, 0.2) is 48.7 Å². The summed E-state index contributed by atoms with van der Waals surface area (Å²) in [4.78, 5) is 32.8. The second kappa shape index (κ2) is 7.88. The molecule has 0 aliphatic carbocycles. The number of amides is 1. The first kappa shape index (κ1) is 20.6. The molecule has 3 heterocycles. The quantitative estimate of drug-likeness (QED) is 0.663. The molecular formula is C21H17F3N4O3. The van der Waals surface area contributed by atoms with E-state index in [0.717, 1.165) is 15.9 Å². The first-order valence-corrected chi connectivity index (χ1v) is 9.36. The summed E-state index contributed by atoms with van der Waals surface area (Å²) < 4.78 is 39.4. The number of carbonyl (C=O) groups excluding carboxylic acids is 2. The summed E-state index contributed by atoms with van der Waals surface area (Å²) in [6, 6.07) is 12.0. The van der Waals surface area contributed by atoms with Crippen molar-refractivity contribution >= 4 is 11.9 Å². The van der Waals surface area contributed by atoms with Crippen LogP contribution in [-0.2, 0) is 17.8 Å². The summed E-state index contributed by atoms with van der Waals surface area (Å²) in [5, 5.41) is 2.62. The Hall–Kier alpha value is -3.66. The SMILES string of the molecule is NCc1cccc(-c2cc(-c3cc4c(n3OC(=O)C(F)(F)F)CCNC4=O)ccn2)c1. The highest BCUT2D eigenvalue weighted by atomic mass is 19.4. The van der Waals surface area contributed by atoms with E-state index in [9.17, 15) is 22.8 Å². The lowest BCUT2D eigenvalue weighted by atomic mass is 10.0. The number of fused-ring (bicyclic) bond motifs is 1. The normalized spacial score (nSPS) is 13.5. The fraction of sp³-hybridized carbons (Fsp3) is 0.190. The second-order valence-corrected chi connectivity index (χ2v) is 6.90. The highest BCUT2D eigenvalue weighted by Gasteiger charge is 2.43. The number of benzene rings is 1. The van der Waals surface area contributed by atoms with Gasteiger partial charge in [0.2, 0.25) is 0 Å². The van der Waals surface area contributed by atoms with Crippen LogP contribution in [0.5, 0.6) is 0 Å². The molecule has 0 saturated carbocycles. The van der Waals surface area contributed by atoms with Crippen molar-refractivity contribution in [3.63, 3.8) is 0 Å². The lowest BCUT2D eigenvalue weighted by molar-refractivity contribution is -0.199. The molecule has 160 valence electrons. The average molecular weight is 430 g/mol. The number of aromatic nitrogens is 2. The number of hydrogen-bond donors (Lipinski definition) is 2. The fourth-order valence-corrected chi connectivity index (χ4v) is 3.40. The Morgan fingerprint density at radius 1 is 1.19 bits per heavy atom. The number of alkyl halides is 3. The van der Waals surface area contributed by atoms with Gasteiger partial charge in [0.1, 0.15) is 0 Å². The maximum atomic E-state index is 12.9. The highest BCUT2D eigenvalue weighted by Crippen LogP contribution is 2.30. The van der Waals surface area contributed by atoms with Gasteiger partial charge < -0.3 is 15.9 Å². The van der Waals surface area contributed by atoms with Crippen molar-refractivity contribution in [1.82, 2.24) is 15.0 Å². The fourth-order valence-electron chi connectivity index (χ4n) is 3.40. The van der Waals surface area contributed by atoms with Gasteiger partial charge in [-0.15, -0.1) is 0 Å². The van der Waals surface area contributed by atoms with Gasteiger partial charge in [-0.2, -0.15) is 17.9 Å². The van der Waals surface area contributed by atoms with Gasteiger partial charge in [0.25, 0.3) is 5.91 Å². The van der Waals surface area contributed by atoms with Gasteiger partial charge in [0, 0.05) is 36.8 Å². The molecule has 2 aromatic heterocycles. The van der Waals surface area contributed by atoms with E-state index in [4.69, 9.17) is 5.73 Å². The average Bonchev–Trinajstić information content (AvgIpc) is 3.13. The van der Waals surface area contributed by atoms with Gasteiger partial charge in [-0.05, 0) is 29.8 Å². The Labute approximate surface area is 174 Å². The smallest absolute Gasteiger partial charge is 0.352 e. The maximum Gasteiger partial charge on any atom is 0.493 e. The predicted molar refractivity (Wildman–Crippen MR) is 105 cm³/mol. The molecule has 0 radical (unpaired) electrons. The molecule has 31 heavy (non-hydrogen) atoms. The largest absolute Gasteiger partial charge is 0.493 e. The number of rotatable bonds is 4. The topological polar surface area (TPSA) is 99.2 Å². The summed E-state index contributed by atoms with van der Waals surface area (Å²) in [5.41, 5.74) is 8.80. The molecule has 0 atom stereocenters. The van der Waals surface area contributed by atoms with Crippen LogP contribution in [0.3, 0.4) is 0 Å². The van der Waals surface area contributed by atoms with Crippen LogP contribution >= 0.6 is 0 Å². The molecule has 0 bridgehead atoms. The second-order valence-electron chi connectivity index (χ2n) is 6.90. The molecule has 1 aliphatic rings. The molecule has 4 rings (SSSR count). The van der Waals surface area contributed by atoms with E-state index in [-0.39, 0.29) is 29.9 Å². The summed E-state index contributed by atoms with van der Waals surface area (Å²) in [7, 11) is 0. The Bertz CT molecular complexity index is 1170. The van der Waals surface area contributed by atoms with Crippen LogP contribution < -0.4 is 15.9 Å². The molecule has 0 saturated heterocycles. The third kappa shape index (κ3) is 4.02. The Balaban J connectivity index is 1.82. The van der Waals surface area contributed by atoms with Gasteiger partial charge in [-0.3, -0.25) is 9.78 Å². The first-order chi connectivity index (χ1) is 14.8. The minimum atomic E-state index is -5.18. The van der Waals surface area contributed by atoms with Crippen molar-refractivity contribution in [2.24, 2.45) is 5.73 Å². The van der Waals surface area contributed by atoms with E-state index >= 15 is 0 Å². The van der Waals surface area contributed by atoms with Crippen LogP contribution in [0.4, 0.5) is 13.2 Å². The predicted octanol–water partition coefficient (Wildman–Crippen LogP) is 2.48. The van der Waals surface area contributed by atoms with Crippen molar-refractivity contribution < 1.29 is 27.6 Å². The lowest BCUT2D eigenvalue weighted by Crippen LogP contribution is -2.37. The van der Waals surface area contributed by atoms with E-state index in [0.29, 0.717) is 17.8 Å². The molecule has 1 aromatic carbocycles. The van der Waals surface area contributed by atoms with Crippen LogP contribution in [0, 0.1) is 0 Å². The summed E-state index contributed by atoms with van der Waals surface area (Å²) >= 11 is 0. The number of nitrogens with one attached hydrogen (secondary N) is 1. The molecule has 0 unspecified atom stereocenters. The Kier molecular flexibility index (Phi) is 5.24. The number of halogens is 3. The van der Waals surface area contributed by atoms with Crippen LogP contribution in [0.1, 0.15) is 21.6 Å². The molecule has 0 fully saturated rings.